The average molecular weight is 322 g/mol. The van der Waals surface area contributed by atoms with Gasteiger partial charge >= 0.3 is 0 Å². The average Bonchev–Trinajstić information content (AvgIpc) is 3.10. The highest BCUT2D eigenvalue weighted by atomic mass is 16.5. The van der Waals surface area contributed by atoms with E-state index in [0.717, 1.165) is 16.7 Å². The fourth-order valence-electron chi connectivity index (χ4n) is 2.24. The van der Waals surface area contributed by atoms with Gasteiger partial charge in [-0.3, -0.25) is 0 Å². The minimum atomic E-state index is 0.0159. The molecule has 0 saturated heterocycles. The van der Waals surface area contributed by atoms with Gasteiger partial charge in [-0.25, -0.2) is 0 Å². The Morgan fingerprint density at radius 1 is 1.17 bits per heavy atom. The smallest absolute Gasteiger partial charge is 0.258 e. The summed E-state index contributed by atoms with van der Waals surface area (Å²) < 4.78 is 11.0. The number of aliphatic hydroxyl groups excluding tert-OH is 1. The molecule has 0 aliphatic heterocycles. The van der Waals surface area contributed by atoms with Crippen LogP contribution in [0.3, 0.4) is 0 Å². The third-order valence-corrected chi connectivity index (χ3v) is 3.54. The first-order chi connectivity index (χ1) is 11.8. The van der Waals surface area contributed by atoms with E-state index in [-0.39, 0.29) is 13.2 Å². The van der Waals surface area contributed by atoms with Gasteiger partial charge in [-0.2, -0.15) is 4.98 Å². The molecule has 1 aromatic heterocycles. The summed E-state index contributed by atoms with van der Waals surface area (Å²) in [7, 11) is 0. The molecule has 0 atom stereocenters. The van der Waals surface area contributed by atoms with Gasteiger partial charge in [0, 0.05) is 5.56 Å². The Morgan fingerprint density at radius 2 is 2.00 bits per heavy atom. The number of allylic oxidation sites excluding steroid dienone is 1. The number of nitrogens with zero attached hydrogens (tertiary/aromatic N) is 2. The van der Waals surface area contributed by atoms with E-state index in [0.29, 0.717) is 17.5 Å². The van der Waals surface area contributed by atoms with Crippen LogP contribution in [0.1, 0.15) is 18.3 Å². The van der Waals surface area contributed by atoms with E-state index in [9.17, 15) is 0 Å². The summed E-state index contributed by atoms with van der Waals surface area (Å²) in [5.74, 6) is 1.68. The van der Waals surface area contributed by atoms with Gasteiger partial charge in [0.1, 0.15) is 5.75 Å². The molecule has 0 fully saturated rings. The van der Waals surface area contributed by atoms with Crippen molar-refractivity contribution < 1.29 is 14.4 Å². The summed E-state index contributed by atoms with van der Waals surface area (Å²) in [5, 5.41) is 12.9. The van der Waals surface area contributed by atoms with E-state index in [1.807, 2.05) is 61.5 Å². The van der Waals surface area contributed by atoms with Crippen LogP contribution in [-0.4, -0.2) is 21.9 Å². The first-order valence-electron chi connectivity index (χ1n) is 7.65. The fraction of sp³-hybridized carbons (Fsp3) is 0.158. The Bertz CT molecular complexity index is 825. The first kappa shape index (κ1) is 16.0. The molecule has 122 valence electrons. The number of hydrogen-bond donors (Lipinski definition) is 1. The minimum Gasteiger partial charge on any atom is -0.485 e. The molecular formula is C19H18N2O3. The molecule has 0 aliphatic rings. The van der Waals surface area contributed by atoms with Crippen LogP contribution < -0.4 is 4.74 Å². The molecule has 0 saturated carbocycles. The molecule has 5 nitrogen and oxygen atoms in total. The fourth-order valence-corrected chi connectivity index (χ4v) is 2.24. The SMILES string of the molecule is C/C(=C\CO)c1cccc(OCc2noc(-c3ccccc3)n2)c1. The van der Waals surface area contributed by atoms with Crippen LogP contribution in [0, 0.1) is 0 Å². The van der Waals surface area contributed by atoms with Crippen LogP contribution in [-0.2, 0) is 6.61 Å². The molecule has 0 radical (unpaired) electrons. The van der Waals surface area contributed by atoms with Gasteiger partial charge in [-0.05, 0) is 42.3 Å². The summed E-state index contributed by atoms with van der Waals surface area (Å²) in [6.45, 7) is 2.19. The molecule has 0 unspecified atom stereocenters. The Labute approximate surface area is 140 Å². The topological polar surface area (TPSA) is 68.4 Å². The van der Waals surface area contributed by atoms with E-state index in [1.54, 1.807) is 6.08 Å². The summed E-state index contributed by atoms with van der Waals surface area (Å²) in [6.07, 6.45) is 1.75. The predicted octanol–water partition coefficient (Wildman–Crippen LogP) is 3.71. The maximum absolute atomic E-state index is 8.98. The Hall–Kier alpha value is -2.92. The number of rotatable bonds is 6. The van der Waals surface area contributed by atoms with E-state index in [1.165, 1.54) is 0 Å². The maximum Gasteiger partial charge on any atom is 0.258 e. The van der Waals surface area contributed by atoms with Crippen molar-refractivity contribution in [2.45, 2.75) is 13.5 Å². The molecule has 0 bridgehead atoms. The van der Waals surface area contributed by atoms with Gasteiger partial charge in [-0.1, -0.05) is 41.6 Å². The maximum atomic E-state index is 8.98. The van der Waals surface area contributed by atoms with Gasteiger partial charge in [0.25, 0.3) is 5.89 Å². The summed E-state index contributed by atoms with van der Waals surface area (Å²) in [6, 6.07) is 17.3. The third kappa shape index (κ3) is 3.88. The van der Waals surface area contributed by atoms with Crippen molar-refractivity contribution >= 4 is 5.57 Å². The van der Waals surface area contributed by atoms with Crippen molar-refractivity contribution in [2.75, 3.05) is 6.61 Å². The van der Waals surface area contributed by atoms with Crippen molar-refractivity contribution in [1.82, 2.24) is 10.1 Å². The highest BCUT2D eigenvalue weighted by molar-refractivity contribution is 5.64. The normalized spacial score (nSPS) is 11.5. The standard InChI is InChI=1S/C19H18N2O3/c1-14(10-11-22)16-8-5-9-17(12-16)23-13-18-20-19(24-21-18)15-6-3-2-4-7-15/h2-10,12,22H,11,13H2,1H3/b14-10+. The zero-order valence-electron chi connectivity index (χ0n) is 13.3. The second-order valence-corrected chi connectivity index (χ2v) is 5.27. The molecule has 1 heterocycles. The van der Waals surface area contributed by atoms with Gasteiger partial charge in [0.2, 0.25) is 5.82 Å². The van der Waals surface area contributed by atoms with E-state index < -0.39 is 0 Å². The van der Waals surface area contributed by atoms with Crippen LogP contribution in [0.5, 0.6) is 5.75 Å². The van der Waals surface area contributed by atoms with Crippen LogP contribution in [0.2, 0.25) is 0 Å². The van der Waals surface area contributed by atoms with E-state index >= 15 is 0 Å². The van der Waals surface area contributed by atoms with Crippen molar-refractivity contribution in [3.8, 4) is 17.2 Å². The van der Waals surface area contributed by atoms with Gasteiger partial charge in [-0.15, -0.1) is 0 Å². The van der Waals surface area contributed by atoms with Crippen molar-refractivity contribution in [2.24, 2.45) is 0 Å². The summed E-state index contributed by atoms with van der Waals surface area (Å²) in [5.41, 5.74) is 2.87. The number of aromatic nitrogens is 2. The Balaban J connectivity index is 1.67. The van der Waals surface area contributed by atoms with E-state index in [4.69, 9.17) is 14.4 Å². The second-order valence-electron chi connectivity index (χ2n) is 5.27. The molecule has 0 amide bonds. The predicted molar refractivity (Wildman–Crippen MR) is 91.2 cm³/mol. The summed E-state index contributed by atoms with van der Waals surface area (Å²) >= 11 is 0. The number of aliphatic hydroxyl groups is 1. The monoisotopic (exact) mass is 322 g/mol. The Kier molecular flexibility index (Phi) is 5.03. The van der Waals surface area contributed by atoms with Crippen molar-refractivity contribution in [3.05, 3.63) is 72.1 Å². The van der Waals surface area contributed by atoms with Gasteiger partial charge in [0.15, 0.2) is 6.61 Å². The third-order valence-electron chi connectivity index (χ3n) is 3.54. The molecule has 5 heteroatoms. The minimum absolute atomic E-state index is 0.0159. The number of hydrogen-bond acceptors (Lipinski definition) is 5. The first-order valence-corrected chi connectivity index (χ1v) is 7.65. The van der Waals surface area contributed by atoms with Crippen LogP contribution in [0.25, 0.3) is 17.0 Å². The number of benzene rings is 2. The molecule has 3 rings (SSSR count). The van der Waals surface area contributed by atoms with Crippen LogP contribution in [0.4, 0.5) is 0 Å². The lowest BCUT2D eigenvalue weighted by Gasteiger charge is -2.06. The summed E-state index contributed by atoms with van der Waals surface area (Å²) in [4.78, 5) is 4.34. The lowest BCUT2D eigenvalue weighted by molar-refractivity contribution is 0.287. The molecule has 0 aliphatic carbocycles. The molecule has 3 aromatic rings. The quantitative estimate of drug-likeness (QED) is 0.749. The van der Waals surface area contributed by atoms with Crippen LogP contribution >= 0.6 is 0 Å². The van der Waals surface area contributed by atoms with Crippen LogP contribution in [0.15, 0.2) is 65.2 Å². The molecule has 1 N–H and O–H groups in total. The molecular weight excluding hydrogens is 304 g/mol. The highest BCUT2D eigenvalue weighted by Crippen LogP contribution is 2.21. The lowest BCUT2D eigenvalue weighted by Crippen LogP contribution is -1.98. The molecule has 2 aromatic carbocycles. The van der Waals surface area contributed by atoms with E-state index in [2.05, 4.69) is 10.1 Å². The number of ether oxygens (including phenoxy) is 1. The molecule has 24 heavy (non-hydrogen) atoms. The van der Waals surface area contributed by atoms with Crippen molar-refractivity contribution in [1.29, 1.82) is 0 Å². The van der Waals surface area contributed by atoms with Crippen molar-refractivity contribution in [3.63, 3.8) is 0 Å². The largest absolute Gasteiger partial charge is 0.485 e. The van der Waals surface area contributed by atoms with Gasteiger partial charge < -0.3 is 14.4 Å². The van der Waals surface area contributed by atoms with Gasteiger partial charge in [0.05, 0.1) is 6.61 Å². The zero-order chi connectivity index (χ0) is 16.8. The molecule has 0 spiro atoms. The second kappa shape index (κ2) is 7.57. The lowest BCUT2D eigenvalue weighted by atomic mass is 10.1. The highest BCUT2D eigenvalue weighted by Gasteiger charge is 2.09. The Morgan fingerprint density at radius 3 is 2.79 bits per heavy atom. The zero-order valence-corrected chi connectivity index (χ0v) is 13.3.